The highest BCUT2D eigenvalue weighted by atomic mass is 35.5. The van der Waals surface area contributed by atoms with Gasteiger partial charge >= 0.3 is 0 Å². The molecule has 0 saturated carbocycles. The van der Waals surface area contributed by atoms with Crippen molar-refractivity contribution in [1.29, 1.82) is 0 Å². The lowest BCUT2D eigenvalue weighted by Crippen LogP contribution is -2.26. The minimum Gasteiger partial charge on any atom is -0.325 e. The molecule has 3 heterocycles. The highest BCUT2D eigenvalue weighted by molar-refractivity contribution is 6.36. The topological polar surface area (TPSA) is 46.3 Å². The molecule has 0 atom stereocenters. The van der Waals surface area contributed by atoms with Gasteiger partial charge in [0.1, 0.15) is 17.5 Å². The van der Waals surface area contributed by atoms with Crippen LogP contribution in [0.2, 0.25) is 5.02 Å². The van der Waals surface area contributed by atoms with E-state index in [4.69, 9.17) is 16.6 Å². The van der Waals surface area contributed by atoms with Crippen molar-refractivity contribution in [1.82, 2.24) is 19.6 Å². The number of hydrogen-bond donors (Lipinski definition) is 0. The van der Waals surface area contributed by atoms with Crippen LogP contribution in [0, 0.1) is 30.0 Å². The first kappa shape index (κ1) is 22.5. The lowest BCUT2D eigenvalue weighted by molar-refractivity contribution is 0.0570. The fourth-order valence-corrected chi connectivity index (χ4v) is 4.48. The summed E-state index contributed by atoms with van der Waals surface area (Å²) in [6.45, 7) is 5.26. The maximum atomic E-state index is 14.6. The number of halogens is 4. The lowest BCUT2D eigenvalue weighted by atomic mass is 9.92. The molecule has 0 aliphatic carbocycles. The van der Waals surface area contributed by atoms with Crippen molar-refractivity contribution >= 4 is 39.8 Å². The molecular weight excluding hydrogens is 463 g/mol. The van der Waals surface area contributed by atoms with E-state index in [1.54, 1.807) is 17.4 Å². The first-order valence-corrected chi connectivity index (χ1v) is 11.3. The van der Waals surface area contributed by atoms with E-state index in [1.807, 2.05) is 23.1 Å². The summed E-state index contributed by atoms with van der Waals surface area (Å²) < 4.78 is 42.9. The van der Waals surface area contributed by atoms with Crippen LogP contribution in [0.1, 0.15) is 37.2 Å². The predicted molar refractivity (Wildman–Crippen MR) is 126 cm³/mol. The van der Waals surface area contributed by atoms with Crippen molar-refractivity contribution in [2.45, 2.75) is 40.0 Å². The van der Waals surface area contributed by atoms with E-state index in [9.17, 15) is 13.2 Å². The number of hydrogen-bond acceptors (Lipinski definition) is 4. The van der Waals surface area contributed by atoms with Crippen LogP contribution in [0.25, 0.3) is 16.7 Å². The number of benzene rings is 2. The summed E-state index contributed by atoms with van der Waals surface area (Å²) in [6.07, 6.45) is -1.04. The largest absolute Gasteiger partial charge is 0.325 e. The van der Waals surface area contributed by atoms with E-state index >= 15 is 0 Å². The Balaban J connectivity index is 1.73. The summed E-state index contributed by atoms with van der Waals surface area (Å²) >= 11 is 6.47. The van der Waals surface area contributed by atoms with Crippen molar-refractivity contribution in [3.05, 3.63) is 58.1 Å². The van der Waals surface area contributed by atoms with E-state index in [2.05, 4.69) is 22.0 Å². The Morgan fingerprint density at radius 1 is 1.15 bits per heavy atom. The Hall–Kier alpha value is -3.31. The third kappa shape index (κ3) is 3.55. The molecule has 2 aromatic heterocycles. The van der Waals surface area contributed by atoms with Crippen LogP contribution in [0.4, 0.5) is 24.7 Å². The van der Waals surface area contributed by atoms with E-state index < -0.39 is 17.7 Å². The van der Waals surface area contributed by atoms with Gasteiger partial charge in [-0.3, -0.25) is 4.40 Å². The second-order valence-corrected chi connectivity index (χ2v) is 9.28. The molecule has 5 nitrogen and oxygen atoms in total. The van der Waals surface area contributed by atoms with Gasteiger partial charge in [-0.15, -0.1) is 10.2 Å². The van der Waals surface area contributed by atoms with Gasteiger partial charge in [0.05, 0.1) is 21.3 Å². The minimum atomic E-state index is -2.55. The molecule has 0 radical (unpaired) electrons. The van der Waals surface area contributed by atoms with Gasteiger partial charge in [0.25, 0.3) is 12.2 Å². The molecule has 5 rings (SSSR count). The third-order valence-electron chi connectivity index (χ3n) is 6.12. The van der Waals surface area contributed by atoms with Crippen LogP contribution in [0.15, 0.2) is 30.3 Å². The molecule has 174 valence electrons. The monoisotopic (exact) mass is 483 g/mol. The molecule has 34 heavy (non-hydrogen) atoms. The average molecular weight is 484 g/mol. The Morgan fingerprint density at radius 3 is 2.71 bits per heavy atom. The quantitative estimate of drug-likeness (QED) is 0.323. The number of aromatic nitrogens is 4. The van der Waals surface area contributed by atoms with Crippen LogP contribution < -0.4 is 4.90 Å². The molecule has 0 spiro atoms. The van der Waals surface area contributed by atoms with Gasteiger partial charge in [-0.1, -0.05) is 29.5 Å². The second-order valence-electron chi connectivity index (χ2n) is 8.90. The van der Waals surface area contributed by atoms with Gasteiger partial charge in [-0.05, 0) is 63.4 Å². The maximum absolute atomic E-state index is 14.6. The van der Waals surface area contributed by atoms with E-state index in [-0.39, 0.29) is 5.02 Å². The minimum absolute atomic E-state index is 0.0308. The number of alkyl halides is 2. The van der Waals surface area contributed by atoms with Gasteiger partial charge < -0.3 is 4.90 Å². The first-order valence-electron chi connectivity index (χ1n) is 10.9. The molecule has 4 aromatic rings. The van der Waals surface area contributed by atoms with Crippen molar-refractivity contribution < 1.29 is 13.2 Å². The molecule has 0 fully saturated rings. The van der Waals surface area contributed by atoms with Gasteiger partial charge in [-0.25, -0.2) is 13.2 Å². The molecule has 1 aliphatic heterocycles. The fraction of sp³-hybridized carbons (Fsp3) is 0.320. The molecule has 2 aromatic carbocycles. The Labute approximate surface area is 199 Å². The highest BCUT2D eigenvalue weighted by Gasteiger charge is 2.28. The summed E-state index contributed by atoms with van der Waals surface area (Å²) in [7, 11) is 0. The maximum Gasteiger partial charge on any atom is 0.257 e. The zero-order valence-corrected chi connectivity index (χ0v) is 19.6. The lowest BCUT2D eigenvalue weighted by Gasteiger charge is -2.32. The molecule has 0 bridgehead atoms. The zero-order valence-electron chi connectivity index (χ0n) is 18.8. The van der Waals surface area contributed by atoms with Gasteiger partial charge in [0.2, 0.25) is 0 Å². The van der Waals surface area contributed by atoms with Crippen molar-refractivity contribution in [3.63, 3.8) is 0 Å². The standard InChI is InChI=1S/C25H21ClF3N5/c1-14-31-32-24-30-22(20-19(34(14)24)10-9-17(27)21(20)26)33-13-5-7-16-15(6-4-8-18(16)33)11-12-25(2,3)23(28)29/h4,6,8-10,23H,5,7,13H2,1-3H3. The van der Waals surface area contributed by atoms with Gasteiger partial charge in [0.15, 0.2) is 0 Å². The molecule has 9 heteroatoms. The third-order valence-corrected chi connectivity index (χ3v) is 6.49. The van der Waals surface area contributed by atoms with Crippen molar-refractivity contribution in [2.75, 3.05) is 11.4 Å². The SMILES string of the molecule is Cc1nnc2nc(N3CCCc4c(C#CC(C)(C)C(F)F)cccc43)c3c(Cl)c(F)ccc3n12. The summed E-state index contributed by atoms with van der Waals surface area (Å²) in [4.78, 5) is 6.69. The number of aryl methyl sites for hydroxylation is 1. The summed E-state index contributed by atoms with van der Waals surface area (Å²) in [5.74, 6) is 6.61. The van der Waals surface area contributed by atoms with Crippen molar-refractivity contribution in [2.24, 2.45) is 5.41 Å². The van der Waals surface area contributed by atoms with Gasteiger partial charge in [-0.2, -0.15) is 4.98 Å². The summed E-state index contributed by atoms with van der Waals surface area (Å²) in [5, 5.41) is 8.71. The Morgan fingerprint density at radius 2 is 1.94 bits per heavy atom. The van der Waals surface area contributed by atoms with Gasteiger partial charge in [0, 0.05) is 17.8 Å². The first-order chi connectivity index (χ1) is 16.2. The highest BCUT2D eigenvalue weighted by Crippen LogP contribution is 2.41. The predicted octanol–water partition coefficient (Wildman–Crippen LogP) is 6.11. The normalized spacial score (nSPS) is 13.9. The van der Waals surface area contributed by atoms with Crippen LogP contribution >= 0.6 is 11.6 Å². The fourth-order valence-electron chi connectivity index (χ4n) is 4.24. The number of nitrogens with zero attached hydrogens (tertiary/aromatic N) is 5. The smallest absolute Gasteiger partial charge is 0.257 e. The molecule has 0 amide bonds. The van der Waals surface area contributed by atoms with Crippen LogP contribution in [0.3, 0.4) is 0 Å². The molecule has 0 N–H and O–H groups in total. The second kappa shape index (κ2) is 8.17. The Bertz CT molecular complexity index is 1500. The number of rotatable bonds is 2. The van der Waals surface area contributed by atoms with E-state index in [0.717, 1.165) is 24.1 Å². The zero-order chi connectivity index (χ0) is 24.2. The molecule has 0 unspecified atom stereocenters. The van der Waals surface area contributed by atoms with Crippen LogP contribution in [0.5, 0.6) is 0 Å². The van der Waals surface area contributed by atoms with Crippen LogP contribution in [-0.4, -0.2) is 32.6 Å². The number of anilines is 2. The van der Waals surface area contributed by atoms with Crippen LogP contribution in [-0.2, 0) is 6.42 Å². The summed E-state index contributed by atoms with van der Waals surface area (Å²) in [5.41, 5.74) is 1.69. The summed E-state index contributed by atoms with van der Waals surface area (Å²) in [6, 6.07) is 8.55. The Kier molecular flexibility index (Phi) is 5.40. The van der Waals surface area contributed by atoms with Crippen molar-refractivity contribution in [3.8, 4) is 11.8 Å². The molecular formula is C25H21ClF3N5. The molecule has 1 aliphatic rings. The number of fused-ring (bicyclic) bond motifs is 4. The molecule has 0 saturated heterocycles. The van der Waals surface area contributed by atoms with E-state index in [0.29, 0.717) is 40.4 Å². The van der Waals surface area contributed by atoms with E-state index in [1.165, 1.54) is 19.9 Å². The average Bonchev–Trinajstić information content (AvgIpc) is 3.19.